The molecule has 13 heavy (non-hydrogen) atoms. The third-order valence-corrected chi connectivity index (χ3v) is 2.10. The molecule has 0 aromatic heterocycles. The third-order valence-electron chi connectivity index (χ3n) is 2.10. The lowest BCUT2D eigenvalue weighted by atomic mass is 10.1. The summed E-state index contributed by atoms with van der Waals surface area (Å²) in [6, 6.07) is 0. The Bertz CT molecular complexity index is 182. The van der Waals surface area contributed by atoms with Crippen LogP contribution in [0, 0.1) is 5.92 Å². The van der Waals surface area contributed by atoms with Crippen LogP contribution >= 0.6 is 0 Å². The largest absolute Gasteiger partial charge is 0.445 e. The molecular formula is C9H18N2O2. The van der Waals surface area contributed by atoms with Gasteiger partial charge in [0.2, 0.25) is 0 Å². The van der Waals surface area contributed by atoms with E-state index in [1.54, 1.807) is 4.90 Å². The van der Waals surface area contributed by atoms with Crippen molar-refractivity contribution in [1.29, 1.82) is 0 Å². The lowest BCUT2D eigenvalue weighted by molar-refractivity contribution is 0.0256. The second-order valence-electron chi connectivity index (χ2n) is 3.87. The van der Waals surface area contributed by atoms with Crippen molar-refractivity contribution < 1.29 is 9.53 Å². The summed E-state index contributed by atoms with van der Waals surface area (Å²) >= 11 is 0. The van der Waals surface area contributed by atoms with Crippen molar-refractivity contribution in [3.63, 3.8) is 0 Å². The van der Waals surface area contributed by atoms with E-state index in [1.165, 1.54) is 0 Å². The summed E-state index contributed by atoms with van der Waals surface area (Å²) in [5, 5.41) is 0. The van der Waals surface area contributed by atoms with Crippen LogP contribution in [0.2, 0.25) is 0 Å². The number of hydrogen-bond donors (Lipinski definition) is 1. The van der Waals surface area contributed by atoms with E-state index in [0.717, 1.165) is 19.5 Å². The zero-order chi connectivity index (χ0) is 9.84. The van der Waals surface area contributed by atoms with Gasteiger partial charge in [0.05, 0.1) is 0 Å². The van der Waals surface area contributed by atoms with Crippen molar-refractivity contribution in [1.82, 2.24) is 4.90 Å². The maximum Gasteiger partial charge on any atom is 0.410 e. The smallest absolute Gasteiger partial charge is 0.410 e. The molecule has 1 amide bonds. The second-order valence-corrected chi connectivity index (χ2v) is 3.87. The Kier molecular flexibility index (Phi) is 3.54. The standard InChI is InChI=1S/C9H18N2O2/c1-7(2)6-11-4-3-8(5-10)13-9(11)12/h7-8H,3-6,10H2,1-2H3. The van der Waals surface area contributed by atoms with Crippen LogP contribution in [0.4, 0.5) is 4.79 Å². The van der Waals surface area contributed by atoms with E-state index in [2.05, 4.69) is 13.8 Å². The van der Waals surface area contributed by atoms with Gasteiger partial charge >= 0.3 is 6.09 Å². The van der Waals surface area contributed by atoms with E-state index >= 15 is 0 Å². The quantitative estimate of drug-likeness (QED) is 0.709. The number of amides is 1. The molecule has 1 aliphatic rings. The molecule has 1 aliphatic heterocycles. The highest BCUT2D eigenvalue weighted by molar-refractivity contribution is 5.68. The Morgan fingerprint density at radius 1 is 1.69 bits per heavy atom. The van der Waals surface area contributed by atoms with Crippen LogP contribution < -0.4 is 5.73 Å². The zero-order valence-corrected chi connectivity index (χ0v) is 8.32. The average molecular weight is 186 g/mol. The molecule has 1 atom stereocenters. The van der Waals surface area contributed by atoms with Crippen LogP contribution in [0.3, 0.4) is 0 Å². The van der Waals surface area contributed by atoms with E-state index in [1.807, 2.05) is 0 Å². The Labute approximate surface area is 79.0 Å². The molecule has 0 aromatic carbocycles. The van der Waals surface area contributed by atoms with Gasteiger partial charge in [-0.15, -0.1) is 0 Å². The topological polar surface area (TPSA) is 55.6 Å². The van der Waals surface area contributed by atoms with Crippen LogP contribution in [0.25, 0.3) is 0 Å². The van der Waals surface area contributed by atoms with E-state index < -0.39 is 0 Å². The number of carbonyl (C=O) groups excluding carboxylic acids is 1. The summed E-state index contributed by atoms with van der Waals surface area (Å²) in [7, 11) is 0. The predicted octanol–water partition coefficient (Wildman–Crippen LogP) is 0.812. The first kappa shape index (κ1) is 10.3. The zero-order valence-electron chi connectivity index (χ0n) is 8.32. The molecule has 0 saturated carbocycles. The Morgan fingerprint density at radius 3 is 2.85 bits per heavy atom. The molecule has 0 aromatic rings. The molecule has 76 valence electrons. The van der Waals surface area contributed by atoms with Gasteiger partial charge in [-0.2, -0.15) is 0 Å². The SMILES string of the molecule is CC(C)CN1CCC(CN)OC1=O. The van der Waals surface area contributed by atoms with E-state index in [9.17, 15) is 4.79 Å². The van der Waals surface area contributed by atoms with Crippen molar-refractivity contribution in [3.05, 3.63) is 0 Å². The van der Waals surface area contributed by atoms with E-state index in [4.69, 9.17) is 10.5 Å². The summed E-state index contributed by atoms with van der Waals surface area (Å²) in [4.78, 5) is 13.1. The predicted molar refractivity (Wildman–Crippen MR) is 50.4 cm³/mol. The number of cyclic esters (lactones) is 1. The second kappa shape index (κ2) is 4.46. The van der Waals surface area contributed by atoms with Crippen LogP contribution in [-0.2, 0) is 4.74 Å². The number of nitrogens with two attached hydrogens (primary N) is 1. The molecule has 0 spiro atoms. The van der Waals surface area contributed by atoms with Crippen LogP contribution in [0.1, 0.15) is 20.3 Å². The first-order valence-electron chi connectivity index (χ1n) is 4.79. The molecule has 4 heteroatoms. The highest BCUT2D eigenvalue weighted by Crippen LogP contribution is 2.12. The van der Waals surface area contributed by atoms with Crippen LogP contribution in [-0.4, -0.2) is 36.7 Å². The normalized spacial score (nSPS) is 23.5. The van der Waals surface area contributed by atoms with E-state index in [-0.39, 0.29) is 12.2 Å². The molecule has 1 saturated heterocycles. The number of carbonyl (C=O) groups is 1. The maximum atomic E-state index is 11.3. The van der Waals surface area contributed by atoms with Gasteiger partial charge in [0.1, 0.15) is 6.10 Å². The molecule has 2 N–H and O–H groups in total. The lowest BCUT2D eigenvalue weighted by Crippen LogP contribution is -2.45. The number of rotatable bonds is 3. The first-order valence-corrected chi connectivity index (χ1v) is 4.79. The highest BCUT2D eigenvalue weighted by atomic mass is 16.6. The minimum atomic E-state index is -0.213. The van der Waals surface area contributed by atoms with Gasteiger partial charge in [-0.25, -0.2) is 4.79 Å². The summed E-state index contributed by atoms with van der Waals surface area (Å²) in [6.07, 6.45) is 0.570. The molecule has 4 nitrogen and oxygen atoms in total. The van der Waals surface area contributed by atoms with Gasteiger partial charge in [0, 0.05) is 26.1 Å². The summed E-state index contributed by atoms with van der Waals surface area (Å²) in [5.74, 6) is 0.488. The van der Waals surface area contributed by atoms with Gasteiger partial charge in [0.25, 0.3) is 0 Å². The fourth-order valence-corrected chi connectivity index (χ4v) is 1.44. The molecular weight excluding hydrogens is 168 g/mol. The molecule has 0 radical (unpaired) electrons. The van der Waals surface area contributed by atoms with Gasteiger partial charge in [0.15, 0.2) is 0 Å². The van der Waals surface area contributed by atoms with E-state index in [0.29, 0.717) is 12.5 Å². The summed E-state index contributed by atoms with van der Waals surface area (Å²) in [6.45, 7) is 6.15. The Morgan fingerprint density at radius 2 is 2.38 bits per heavy atom. The monoisotopic (exact) mass is 186 g/mol. The van der Waals surface area contributed by atoms with Gasteiger partial charge < -0.3 is 15.4 Å². The van der Waals surface area contributed by atoms with Gasteiger partial charge in [-0.1, -0.05) is 13.8 Å². The lowest BCUT2D eigenvalue weighted by Gasteiger charge is -2.32. The Hall–Kier alpha value is -0.770. The van der Waals surface area contributed by atoms with Crippen LogP contribution in [0.5, 0.6) is 0 Å². The summed E-state index contributed by atoms with van der Waals surface area (Å²) < 4.78 is 5.11. The van der Waals surface area contributed by atoms with Crippen molar-refractivity contribution in [2.24, 2.45) is 11.7 Å². The maximum absolute atomic E-state index is 11.3. The molecule has 1 heterocycles. The molecule has 1 unspecified atom stereocenters. The average Bonchev–Trinajstić information content (AvgIpc) is 2.08. The fourth-order valence-electron chi connectivity index (χ4n) is 1.44. The van der Waals surface area contributed by atoms with Crippen LogP contribution in [0.15, 0.2) is 0 Å². The number of hydrogen-bond acceptors (Lipinski definition) is 3. The minimum Gasteiger partial charge on any atom is -0.445 e. The van der Waals surface area contributed by atoms with Crippen molar-refractivity contribution in [3.8, 4) is 0 Å². The summed E-state index contributed by atoms with van der Waals surface area (Å²) in [5.41, 5.74) is 5.42. The minimum absolute atomic E-state index is 0.0732. The Balaban J connectivity index is 2.39. The highest BCUT2D eigenvalue weighted by Gasteiger charge is 2.26. The molecule has 0 aliphatic carbocycles. The molecule has 0 bridgehead atoms. The van der Waals surface area contributed by atoms with Gasteiger partial charge in [-0.3, -0.25) is 0 Å². The van der Waals surface area contributed by atoms with Crippen molar-refractivity contribution in [2.45, 2.75) is 26.4 Å². The molecule has 1 rings (SSSR count). The first-order chi connectivity index (χ1) is 6.13. The molecule has 1 fully saturated rings. The number of ether oxygens (including phenoxy) is 1. The van der Waals surface area contributed by atoms with Crippen molar-refractivity contribution >= 4 is 6.09 Å². The van der Waals surface area contributed by atoms with Gasteiger partial charge in [-0.05, 0) is 5.92 Å². The third kappa shape index (κ3) is 2.88. The fraction of sp³-hybridized carbons (Fsp3) is 0.889. The van der Waals surface area contributed by atoms with Crippen molar-refractivity contribution in [2.75, 3.05) is 19.6 Å². The number of nitrogens with zero attached hydrogens (tertiary/aromatic N) is 1.